The van der Waals surface area contributed by atoms with Gasteiger partial charge in [-0.15, -0.1) is 0 Å². The quantitative estimate of drug-likeness (QED) is 0.724. The number of hydrogen-bond acceptors (Lipinski definition) is 3. The average Bonchev–Trinajstić information content (AvgIpc) is 2.08. The zero-order valence-electron chi connectivity index (χ0n) is 12.3. The first-order valence-electron chi connectivity index (χ1n) is 6.30. The average molecular weight is 252 g/mol. The molecule has 0 spiro atoms. The lowest BCUT2D eigenvalue weighted by Crippen LogP contribution is -2.31. The van der Waals surface area contributed by atoms with E-state index in [2.05, 4.69) is 31.3 Å². The number of allylic oxidation sites excluding steroid dienone is 2. The number of carbonyl (C=O) groups excluding carboxylic acids is 1. The van der Waals surface area contributed by atoms with Crippen LogP contribution in [0.5, 0.6) is 0 Å². The van der Waals surface area contributed by atoms with Gasteiger partial charge in [-0.05, 0) is 52.0 Å². The zero-order valence-corrected chi connectivity index (χ0v) is 12.3. The predicted molar refractivity (Wildman–Crippen MR) is 73.6 cm³/mol. The van der Waals surface area contributed by atoms with Crippen molar-refractivity contribution >= 4 is 11.8 Å². The maximum Gasteiger partial charge on any atom is 0.428 e. The summed E-state index contributed by atoms with van der Waals surface area (Å²) in [5.41, 5.74) is 4.34. The fraction of sp³-hybridized carbons (Fsp3) is 0.714. The minimum atomic E-state index is -0.510. The number of amides is 1. The number of nitrogens with zero attached hydrogens (tertiary/aromatic N) is 1. The van der Waals surface area contributed by atoms with E-state index >= 15 is 0 Å². The van der Waals surface area contributed by atoms with Gasteiger partial charge >= 0.3 is 6.09 Å². The van der Waals surface area contributed by atoms with Crippen molar-refractivity contribution in [1.82, 2.24) is 5.43 Å². The van der Waals surface area contributed by atoms with Crippen LogP contribution < -0.4 is 5.43 Å². The molecule has 0 aromatic rings. The standard InChI is InChI=1S/C14H24N2O2/c1-10-7-11(9-14(5,6)8-10)15-16-12(17)18-13(2,3)4/h7H,8-9H2,1-6H3,(H,16,17)/b15-11+. The topological polar surface area (TPSA) is 50.7 Å². The van der Waals surface area contributed by atoms with Crippen molar-refractivity contribution in [3.05, 3.63) is 11.6 Å². The molecule has 0 atom stereocenters. The number of ether oxygens (including phenoxy) is 1. The van der Waals surface area contributed by atoms with Gasteiger partial charge in [0.2, 0.25) is 0 Å². The molecular formula is C14H24N2O2. The molecule has 0 unspecified atom stereocenters. The van der Waals surface area contributed by atoms with Gasteiger partial charge in [0.15, 0.2) is 0 Å². The van der Waals surface area contributed by atoms with E-state index in [0.29, 0.717) is 0 Å². The Hall–Kier alpha value is -1.32. The normalized spacial score (nSPS) is 21.4. The van der Waals surface area contributed by atoms with Gasteiger partial charge in [-0.25, -0.2) is 10.2 Å². The monoisotopic (exact) mass is 252 g/mol. The molecule has 0 radical (unpaired) electrons. The minimum absolute atomic E-state index is 0.202. The van der Waals surface area contributed by atoms with Gasteiger partial charge in [-0.1, -0.05) is 19.4 Å². The Kier molecular flexibility index (Phi) is 4.20. The summed E-state index contributed by atoms with van der Waals surface area (Å²) >= 11 is 0. The molecule has 4 nitrogen and oxygen atoms in total. The van der Waals surface area contributed by atoms with Crippen LogP contribution >= 0.6 is 0 Å². The summed E-state index contributed by atoms with van der Waals surface area (Å²) in [6, 6.07) is 0. The van der Waals surface area contributed by atoms with Crippen LogP contribution in [0.25, 0.3) is 0 Å². The summed E-state index contributed by atoms with van der Waals surface area (Å²) in [5, 5.41) is 4.13. The van der Waals surface area contributed by atoms with Gasteiger partial charge in [0.1, 0.15) is 5.60 Å². The molecule has 0 aromatic heterocycles. The first kappa shape index (κ1) is 14.7. The molecule has 4 heteroatoms. The molecule has 1 aliphatic carbocycles. The van der Waals surface area contributed by atoms with E-state index in [-0.39, 0.29) is 5.41 Å². The fourth-order valence-electron chi connectivity index (χ4n) is 2.18. The van der Waals surface area contributed by atoms with Crippen molar-refractivity contribution in [2.45, 2.75) is 60.0 Å². The smallest absolute Gasteiger partial charge is 0.428 e. The van der Waals surface area contributed by atoms with Crippen LogP contribution in [0.3, 0.4) is 0 Å². The van der Waals surface area contributed by atoms with Crippen molar-refractivity contribution in [3.63, 3.8) is 0 Å². The molecule has 1 amide bonds. The third kappa shape index (κ3) is 5.34. The second kappa shape index (κ2) is 5.12. The van der Waals surface area contributed by atoms with Gasteiger partial charge in [-0.2, -0.15) is 5.10 Å². The van der Waals surface area contributed by atoms with Crippen molar-refractivity contribution in [3.8, 4) is 0 Å². The van der Waals surface area contributed by atoms with Crippen molar-refractivity contribution in [2.24, 2.45) is 10.5 Å². The highest BCUT2D eigenvalue weighted by Crippen LogP contribution is 2.33. The SMILES string of the molecule is CC1=C/C(=N\NC(=O)OC(C)(C)C)CC(C)(C)C1. The molecule has 0 heterocycles. The van der Waals surface area contributed by atoms with Gasteiger partial charge < -0.3 is 4.74 Å². The van der Waals surface area contributed by atoms with Crippen LogP contribution in [-0.2, 0) is 4.74 Å². The van der Waals surface area contributed by atoms with E-state index in [0.717, 1.165) is 18.6 Å². The van der Waals surface area contributed by atoms with Crippen LogP contribution in [0, 0.1) is 5.41 Å². The van der Waals surface area contributed by atoms with Crippen LogP contribution in [0.1, 0.15) is 54.4 Å². The molecule has 1 aliphatic rings. The van der Waals surface area contributed by atoms with Gasteiger partial charge in [0, 0.05) is 0 Å². The lowest BCUT2D eigenvalue weighted by molar-refractivity contribution is 0.0529. The first-order chi connectivity index (χ1) is 8.07. The largest absolute Gasteiger partial charge is 0.443 e. The van der Waals surface area contributed by atoms with Crippen LogP contribution in [0.2, 0.25) is 0 Å². The second-order valence-corrected chi connectivity index (χ2v) is 6.73. The van der Waals surface area contributed by atoms with Crippen LogP contribution in [0.15, 0.2) is 16.8 Å². The molecule has 0 saturated carbocycles. The number of carbonyl (C=O) groups is 1. The Morgan fingerprint density at radius 2 is 2.00 bits per heavy atom. The lowest BCUT2D eigenvalue weighted by atomic mass is 9.77. The summed E-state index contributed by atoms with van der Waals surface area (Å²) in [4.78, 5) is 11.5. The van der Waals surface area contributed by atoms with Crippen LogP contribution in [-0.4, -0.2) is 17.4 Å². The third-order valence-corrected chi connectivity index (χ3v) is 2.52. The maximum absolute atomic E-state index is 11.5. The lowest BCUT2D eigenvalue weighted by Gasteiger charge is -2.29. The Morgan fingerprint density at radius 1 is 1.39 bits per heavy atom. The highest BCUT2D eigenvalue weighted by atomic mass is 16.6. The zero-order chi connectivity index (χ0) is 14.0. The summed E-state index contributed by atoms with van der Waals surface area (Å²) in [5.74, 6) is 0. The van der Waals surface area contributed by atoms with Crippen molar-refractivity contribution < 1.29 is 9.53 Å². The van der Waals surface area contributed by atoms with Gasteiger partial charge in [0.25, 0.3) is 0 Å². The number of hydrogen-bond donors (Lipinski definition) is 1. The van der Waals surface area contributed by atoms with E-state index in [4.69, 9.17) is 4.74 Å². The number of rotatable bonds is 1. The summed E-state index contributed by atoms with van der Waals surface area (Å²) in [7, 11) is 0. The van der Waals surface area contributed by atoms with E-state index in [9.17, 15) is 4.79 Å². The Morgan fingerprint density at radius 3 is 2.50 bits per heavy atom. The first-order valence-corrected chi connectivity index (χ1v) is 6.30. The molecule has 0 saturated heterocycles. The summed E-state index contributed by atoms with van der Waals surface area (Å²) in [6.45, 7) is 12.0. The number of hydrazone groups is 1. The van der Waals surface area contributed by atoms with Crippen molar-refractivity contribution in [1.29, 1.82) is 0 Å². The molecule has 18 heavy (non-hydrogen) atoms. The highest BCUT2D eigenvalue weighted by molar-refractivity contribution is 5.97. The Balaban J connectivity index is 2.63. The van der Waals surface area contributed by atoms with Crippen LogP contribution in [0.4, 0.5) is 4.79 Å². The van der Waals surface area contributed by atoms with E-state index in [1.165, 1.54) is 5.57 Å². The second-order valence-electron chi connectivity index (χ2n) is 6.73. The molecule has 0 fully saturated rings. The van der Waals surface area contributed by atoms with Gasteiger partial charge in [-0.3, -0.25) is 0 Å². The highest BCUT2D eigenvalue weighted by Gasteiger charge is 2.25. The fourth-order valence-corrected chi connectivity index (χ4v) is 2.18. The summed E-state index contributed by atoms with van der Waals surface area (Å²) in [6.07, 6.45) is 3.45. The van der Waals surface area contributed by atoms with E-state index in [1.54, 1.807) is 0 Å². The molecule has 102 valence electrons. The van der Waals surface area contributed by atoms with E-state index in [1.807, 2.05) is 26.8 Å². The molecule has 0 bridgehead atoms. The van der Waals surface area contributed by atoms with Gasteiger partial charge in [0.05, 0.1) is 5.71 Å². The number of nitrogens with one attached hydrogen (secondary N) is 1. The predicted octanol–water partition coefficient (Wildman–Crippen LogP) is 3.63. The van der Waals surface area contributed by atoms with E-state index < -0.39 is 11.7 Å². The molecule has 1 N–H and O–H groups in total. The third-order valence-electron chi connectivity index (χ3n) is 2.52. The summed E-state index contributed by atoms with van der Waals surface area (Å²) < 4.78 is 5.13. The molecule has 0 aliphatic heterocycles. The Labute approximate surface area is 109 Å². The Bertz CT molecular complexity index is 387. The molecule has 0 aromatic carbocycles. The molecule has 1 rings (SSSR count). The minimum Gasteiger partial charge on any atom is -0.443 e. The maximum atomic E-state index is 11.5. The molecular weight excluding hydrogens is 228 g/mol. The van der Waals surface area contributed by atoms with Crippen molar-refractivity contribution in [2.75, 3.05) is 0 Å².